The minimum atomic E-state index is -0.119. The van der Waals surface area contributed by atoms with Crippen molar-refractivity contribution in [2.75, 3.05) is 5.32 Å². The zero-order valence-corrected chi connectivity index (χ0v) is 12.3. The van der Waals surface area contributed by atoms with Crippen LogP contribution >= 0.6 is 0 Å². The number of fused-ring (bicyclic) bond motifs is 1. The molecule has 1 amide bonds. The van der Waals surface area contributed by atoms with Crippen LogP contribution in [0, 0.1) is 6.92 Å². The second-order valence-corrected chi connectivity index (χ2v) is 4.88. The molecule has 0 radical (unpaired) electrons. The Morgan fingerprint density at radius 1 is 1.18 bits per heavy atom. The Labute approximate surface area is 127 Å². The Bertz CT molecular complexity index is 866. The van der Waals surface area contributed by atoms with Crippen molar-refractivity contribution in [2.45, 2.75) is 13.8 Å². The van der Waals surface area contributed by atoms with Gasteiger partial charge in [-0.1, -0.05) is 12.1 Å². The molecular formula is C16H15N5O. The van der Waals surface area contributed by atoms with E-state index in [0.717, 1.165) is 11.3 Å². The topological polar surface area (TPSA) is 71.1 Å². The fraction of sp³-hybridized carbons (Fsp3) is 0.125. The van der Waals surface area contributed by atoms with Crippen molar-refractivity contribution in [2.24, 2.45) is 10.2 Å². The molecule has 3 rings (SSSR count). The Balaban J connectivity index is 1.93. The highest BCUT2D eigenvalue weighted by molar-refractivity contribution is 5.89. The number of pyridine rings is 1. The van der Waals surface area contributed by atoms with Gasteiger partial charge in [0.2, 0.25) is 5.91 Å². The number of nitrogens with zero attached hydrogens (tertiary/aromatic N) is 4. The Morgan fingerprint density at radius 3 is 2.86 bits per heavy atom. The second kappa shape index (κ2) is 5.77. The molecule has 6 heteroatoms. The number of amides is 1. The van der Waals surface area contributed by atoms with Crippen LogP contribution in [0.5, 0.6) is 0 Å². The van der Waals surface area contributed by atoms with Gasteiger partial charge < -0.3 is 5.32 Å². The number of carbonyl (C=O) groups is 1. The van der Waals surface area contributed by atoms with Crippen LogP contribution in [0.25, 0.3) is 5.65 Å². The predicted molar refractivity (Wildman–Crippen MR) is 84.9 cm³/mol. The molecule has 0 saturated heterocycles. The number of aryl methyl sites for hydroxylation is 1. The lowest BCUT2D eigenvalue weighted by Gasteiger charge is -2.01. The summed E-state index contributed by atoms with van der Waals surface area (Å²) in [5.74, 6) is 0.576. The minimum Gasteiger partial charge on any atom is -0.326 e. The van der Waals surface area contributed by atoms with E-state index in [2.05, 4.69) is 20.5 Å². The number of anilines is 1. The molecule has 0 spiro atoms. The summed E-state index contributed by atoms with van der Waals surface area (Å²) >= 11 is 0. The minimum absolute atomic E-state index is 0.119. The first-order valence-corrected chi connectivity index (χ1v) is 6.86. The van der Waals surface area contributed by atoms with Gasteiger partial charge >= 0.3 is 0 Å². The third-order valence-corrected chi connectivity index (χ3v) is 3.10. The van der Waals surface area contributed by atoms with Gasteiger partial charge in [0.05, 0.1) is 11.4 Å². The first kappa shape index (κ1) is 13.9. The lowest BCUT2D eigenvalue weighted by molar-refractivity contribution is -0.114. The standard InChI is InChI=1S/C16H15N5O/c1-11-16(21-9-4-3-8-15(21)17-11)20-19-14-7-5-6-13(10-14)18-12(2)22/h3-10H,1-2H3,(H,18,22). The first-order chi connectivity index (χ1) is 10.6. The Hall–Kier alpha value is -3.02. The van der Waals surface area contributed by atoms with E-state index in [9.17, 15) is 4.79 Å². The maximum absolute atomic E-state index is 11.1. The summed E-state index contributed by atoms with van der Waals surface area (Å²) in [7, 11) is 0. The molecule has 1 aromatic carbocycles. The van der Waals surface area contributed by atoms with Crippen LogP contribution in [0.3, 0.4) is 0 Å². The van der Waals surface area contributed by atoms with Crippen LogP contribution in [-0.2, 0) is 4.79 Å². The third-order valence-electron chi connectivity index (χ3n) is 3.10. The fourth-order valence-corrected chi connectivity index (χ4v) is 2.18. The van der Waals surface area contributed by atoms with E-state index < -0.39 is 0 Å². The quantitative estimate of drug-likeness (QED) is 0.741. The highest BCUT2D eigenvalue weighted by Gasteiger charge is 2.06. The Kier molecular flexibility index (Phi) is 3.65. The lowest BCUT2D eigenvalue weighted by atomic mass is 10.3. The number of hydrogen-bond donors (Lipinski definition) is 1. The van der Waals surface area contributed by atoms with E-state index in [1.54, 1.807) is 12.1 Å². The smallest absolute Gasteiger partial charge is 0.221 e. The van der Waals surface area contributed by atoms with Gasteiger partial charge in [-0.25, -0.2) is 4.98 Å². The summed E-state index contributed by atoms with van der Waals surface area (Å²) in [6.45, 7) is 3.37. The van der Waals surface area contributed by atoms with Crippen molar-refractivity contribution in [1.29, 1.82) is 0 Å². The number of benzene rings is 1. The molecular weight excluding hydrogens is 278 g/mol. The van der Waals surface area contributed by atoms with Gasteiger partial charge in [-0.05, 0) is 37.3 Å². The summed E-state index contributed by atoms with van der Waals surface area (Å²) in [5, 5.41) is 11.3. The van der Waals surface area contributed by atoms with E-state index >= 15 is 0 Å². The van der Waals surface area contributed by atoms with Crippen molar-refractivity contribution in [3.8, 4) is 0 Å². The molecule has 0 saturated carbocycles. The number of rotatable bonds is 3. The molecule has 0 aliphatic carbocycles. The average Bonchev–Trinajstić information content (AvgIpc) is 2.80. The predicted octanol–water partition coefficient (Wildman–Crippen LogP) is 4.02. The zero-order valence-electron chi connectivity index (χ0n) is 12.3. The molecule has 0 fully saturated rings. The van der Waals surface area contributed by atoms with E-state index in [4.69, 9.17) is 0 Å². The van der Waals surface area contributed by atoms with E-state index in [0.29, 0.717) is 17.2 Å². The molecule has 3 aromatic rings. The third kappa shape index (κ3) is 2.85. The maximum Gasteiger partial charge on any atom is 0.221 e. The molecule has 0 bridgehead atoms. The molecule has 110 valence electrons. The average molecular weight is 293 g/mol. The van der Waals surface area contributed by atoms with Crippen LogP contribution < -0.4 is 5.32 Å². The number of hydrogen-bond acceptors (Lipinski definition) is 4. The van der Waals surface area contributed by atoms with Gasteiger partial charge in [-0.15, -0.1) is 10.2 Å². The summed E-state index contributed by atoms with van der Waals surface area (Å²) < 4.78 is 1.89. The Morgan fingerprint density at radius 2 is 2.05 bits per heavy atom. The first-order valence-electron chi connectivity index (χ1n) is 6.86. The summed E-state index contributed by atoms with van der Waals surface area (Å²) in [6, 6.07) is 13.0. The van der Waals surface area contributed by atoms with Crippen molar-refractivity contribution >= 4 is 28.7 Å². The van der Waals surface area contributed by atoms with Crippen molar-refractivity contribution in [3.05, 3.63) is 54.4 Å². The summed E-state index contributed by atoms with van der Waals surface area (Å²) in [5.41, 5.74) is 3.00. The maximum atomic E-state index is 11.1. The molecule has 22 heavy (non-hydrogen) atoms. The SMILES string of the molecule is CC(=O)Nc1cccc(N=Nc2c(C)nc3ccccn23)c1. The van der Waals surface area contributed by atoms with Gasteiger partial charge in [0.1, 0.15) is 5.65 Å². The van der Waals surface area contributed by atoms with E-state index in [1.165, 1.54) is 6.92 Å². The van der Waals surface area contributed by atoms with E-state index in [-0.39, 0.29) is 5.91 Å². The highest BCUT2D eigenvalue weighted by Crippen LogP contribution is 2.24. The number of aromatic nitrogens is 2. The number of imidazole rings is 1. The lowest BCUT2D eigenvalue weighted by Crippen LogP contribution is -2.04. The number of azo groups is 1. The monoisotopic (exact) mass is 293 g/mol. The van der Waals surface area contributed by atoms with Crippen LogP contribution in [0.15, 0.2) is 58.9 Å². The molecule has 0 unspecified atom stereocenters. The van der Waals surface area contributed by atoms with Crippen LogP contribution in [-0.4, -0.2) is 15.3 Å². The molecule has 0 atom stereocenters. The van der Waals surface area contributed by atoms with Crippen LogP contribution in [0.4, 0.5) is 17.2 Å². The highest BCUT2D eigenvalue weighted by atomic mass is 16.1. The van der Waals surface area contributed by atoms with Gasteiger partial charge in [0, 0.05) is 18.8 Å². The van der Waals surface area contributed by atoms with Crippen molar-refractivity contribution in [1.82, 2.24) is 9.38 Å². The van der Waals surface area contributed by atoms with Gasteiger partial charge in [-0.2, -0.15) is 0 Å². The molecule has 2 aromatic heterocycles. The van der Waals surface area contributed by atoms with Crippen LogP contribution in [0.1, 0.15) is 12.6 Å². The molecule has 1 N–H and O–H groups in total. The molecule has 0 aliphatic heterocycles. The van der Waals surface area contributed by atoms with E-state index in [1.807, 2.05) is 47.9 Å². The summed E-state index contributed by atoms with van der Waals surface area (Å²) in [6.07, 6.45) is 1.90. The zero-order chi connectivity index (χ0) is 15.5. The largest absolute Gasteiger partial charge is 0.326 e. The summed E-state index contributed by atoms with van der Waals surface area (Å²) in [4.78, 5) is 15.5. The van der Waals surface area contributed by atoms with Crippen molar-refractivity contribution in [3.63, 3.8) is 0 Å². The number of nitrogens with one attached hydrogen (secondary N) is 1. The normalized spacial score (nSPS) is 11.2. The van der Waals surface area contributed by atoms with Gasteiger partial charge in [0.25, 0.3) is 0 Å². The second-order valence-electron chi connectivity index (χ2n) is 4.88. The molecule has 6 nitrogen and oxygen atoms in total. The van der Waals surface area contributed by atoms with Gasteiger partial charge in [-0.3, -0.25) is 9.20 Å². The van der Waals surface area contributed by atoms with Crippen LogP contribution in [0.2, 0.25) is 0 Å². The molecule has 0 aliphatic rings. The van der Waals surface area contributed by atoms with Gasteiger partial charge in [0.15, 0.2) is 5.82 Å². The van der Waals surface area contributed by atoms with Crippen molar-refractivity contribution < 1.29 is 4.79 Å². The molecule has 2 heterocycles. The number of carbonyl (C=O) groups excluding carboxylic acids is 1. The fourth-order valence-electron chi connectivity index (χ4n) is 2.18.